The molecule has 0 bridgehead atoms. The fourth-order valence-corrected chi connectivity index (χ4v) is 4.48. The lowest BCUT2D eigenvalue weighted by Gasteiger charge is -2.26. The first-order chi connectivity index (χ1) is 16.2. The minimum absolute atomic E-state index is 0.315. The Morgan fingerprint density at radius 3 is 2.74 bits per heavy atom. The topological polar surface area (TPSA) is 111 Å². The molecular weight excluding hydrogens is 452 g/mol. The molecule has 34 heavy (non-hydrogen) atoms. The maximum Gasteiger partial charge on any atom is 0.410 e. The Balaban J connectivity index is 1.52. The maximum atomic E-state index is 13.0. The lowest BCUT2D eigenvalue weighted by molar-refractivity contribution is 0.0263. The van der Waals surface area contributed by atoms with E-state index in [-0.39, 0.29) is 12.0 Å². The summed E-state index contributed by atoms with van der Waals surface area (Å²) in [6.45, 7) is 7.97. The van der Waals surface area contributed by atoms with Crippen molar-refractivity contribution in [1.82, 2.24) is 14.9 Å². The Morgan fingerprint density at radius 2 is 1.97 bits per heavy atom. The quantitative estimate of drug-likeness (QED) is 0.598. The number of carbonyl (C=O) groups excluding carboxylic acids is 2. The molecule has 1 fully saturated rings. The number of thiophene rings is 1. The molecular formula is C24H26N6O3S. The fourth-order valence-electron chi connectivity index (χ4n) is 3.65. The van der Waals surface area contributed by atoms with Gasteiger partial charge in [-0.3, -0.25) is 4.79 Å². The third-order valence-electron chi connectivity index (χ3n) is 5.28. The lowest BCUT2D eigenvalue weighted by atomic mass is 10.2. The van der Waals surface area contributed by atoms with Crippen molar-refractivity contribution >= 4 is 45.2 Å². The minimum atomic E-state index is -0.538. The number of para-hydroxylation sites is 1. The Labute approximate surface area is 202 Å². The molecule has 1 aliphatic heterocycles. The number of nitrogens with zero attached hydrogens (tertiary/aromatic N) is 5. The van der Waals surface area contributed by atoms with E-state index in [0.717, 1.165) is 6.42 Å². The molecule has 1 saturated heterocycles. The largest absolute Gasteiger partial charge is 0.444 e. The van der Waals surface area contributed by atoms with Crippen molar-refractivity contribution in [2.75, 3.05) is 36.4 Å². The summed E-state index contributed by atoms with van der Waals surface area (Å²) in [5.41, 5.74) is 1.23. The highest BCUT2D eigenvalue weighted by molar-refractivity contribution is 7.17. The molecule has 1 aromatic carbocycles. The molecule has 0 saturated carbocycles. The van der Waals surface area contributed by atoms with Crippen molar-refractivity contribution in [3.8, 4) is 6.07 Å². The fraction of sp³-hybridized carbons (Fsp3) is 0.375. The zero-order chi connectivity index (χ0) is 24.3. The van der Waals surface area contributed by atoms with Crippen molar-refractivity contribution in [1.29, 1.82) is 5.26 Å². The standard InChI is InChI=1S/C24H26N6O3S/c1-24(2,3)33-23(32)30-10-6-9-29(11-12-30)19-14-26-22-20(28-19)17(15-34-22)21(31)27-18-8-5-4-7-16(18)13-25/h4-5,7-8,14-15H,6,9-12H2,1-3H3,(H,27,31). The zero-order valence-electron chi connectivity index (χ0n) is 19.4. The Kier molecular flexibility index (Phi) is 6.65. The molecule has 1 N–H and O–H groups in total. The SMILES string of the molecule is CC(C)(C)OC(=O)N1CCCN(c2cnc3scc(C(=O)Nc4ccccc4C#N)c3n2)CC1. The average molecular weight is 479 g/mol. The lowest BCUT2D eigenvalue weighted by Crippen LogP contribution is -2.39. The van der Waals surface area contributed by atoms with E-state index >= 15 is 0 Å². The van der Waals surface area contributed by atoms with Crippen molar-refractivity contribution in [2.45, 2.75) is 32.8 Å². The summed E-state index contributed by atoms with van der Waals surface area (Å²) in [6, 6.07) is 8.93. The molecule has 0 atom stereocenters. The van der Waals surface area contributed by atoms with Crippen molar-refractivity contribution in [2.24, 2.45) is 0 Å². The van der Waals surface area contributed by atoms with Gasteiger partial charge >= 0.3 is 6.09 Å². The van der Waals surface area contributed by atoms with Crippen LogP contribution in [-0.4, -0.2) is 58.6 Å². The summed E-state index contributed by atoms with van der Waals surface area (Å²) in [5, 5.41) is 13.8. The summed E-state index contributed by atoms with van der Waals surface area (Å²) >= 11 is 1.34. The molecule has 0 unspecified atom stereocenters. The van der Waals surface area contributed by atoms with E-state index in [1.54, 1.807) is 40.7 Å². The monoisotopic (exact) mass is 478 g/mol. The van der Waals surface area contributed by atoms with E-state index in [0.29, 0.717) is 59.2 Å². The van der Waals surface area contributed by atoms with Gasteiger partial charge in [0.15, 0.2) is 0 Å². The van der Waals surface area contributed by atoms with Gasteiger partial charge in [-0.2, -0.15) is 5.26 Å². The zero-order valence-corrected chi connectivity index (χ0v) is 20.2. The summed E-state index contributed by atoms with van der Waals surface area (Å²) in [6.07, 6.45) is 2.15. The smallest absolute Gasteiger partial charge is 0.410 e. The second kappa shape index (κ2) is 9.65. The number of amides is 2. The number of ether oxygens (including phenoxy) is 1. The first-order valence-electron chi connectivity index (χ1n) is 11.0. The van der Waals surface area contributed by atoms with Crippen molar-refractivity contribution in [3.63, 3.8) is 0 Å². The van der Waals surface area contributed by atoms with Gasteiger partial charge in [-0.25, -0.2) is 14.8 Å². The predicted molar refractivity (Wildman–Crippen MR) is 131 cm³/mol. The molecule has 10 heteroatoms. The van der Waals surface area contributed by atoms with E-state index in [1.807, 2.05) is 20.8 Å². The highest BCUT2D eigenvalue weighted by Gasteiger charge is 2.25. The van der Waals surface area contributed by atoms with Gasteiger partial charge in [0.1, 0.15) is 27.8 Å². The van der Waals surface area contributed by atoms with Crippen LogP contribution >= 0.6 is 11.3 Å². The Bertz CT molecular complexity index is 1260. The van der Waals surface area contributed by atoms with E-state index in [4.69, 9.17) is 9.72 Å². The van der Waals surface area contributed by atoms with E-state index < -0.39 is 5.60 Å². The van der Waals surface area contributed by atoms with Crippen LogP contribution in [-0.2, 0) is 4.74 Å². The van der Waals surface area contributed by atoms with Crippen LogP contribution in [0.2, 0.25) is 0 Å². The third kappa shape index (κ3) is 5.26. The van der Waals surface area contributed by atoms with Crippen LogP contribution < -0.4 is 10.2 Å². The highest BCUT2D eigenvalue weighted by atomic mass is 32.1. The molecule has 3 heterocycles. The van der Waals surface area contributed by atoms with Gasteiger partial charge in [-0.1, -0.05) is 12.1 Å². The predicted octanol–water partition coefficient (Wildman–Crippen LogP) is 4.26. The molecule has 2 aromatic heterocycles. The summed E-state index contributed by atoms with van der Waals surface area (Å²) < 4.78 is 5.51. The first kappa shape index (κ1) is 23.4. The van der Waals surface area contributed by atoms with E-state index in [1.165, 1.54) is 11.3 Å². The summed E-state index contributed by atoms with van der Waals surface area (Å²) in [5.74, 6) is 0.316. The number of nitrogens with one attached hydrogen (secondary N) is 1. The van der Waals surface area contributed by atoms with Gasteiger partial charge in [0.25, 0.3) is 5.91 Å². The number of nitriles is 1. The van der Waals surface area contributed by atoms with Gasteiger partial charge in [-0.05, 0) is 39.3 Å². The van der Waals surface area contributed by atoms with Gasteiger partial charge in [0.2, 0.25) is 0 Å². The number of fused-ring (bicyclic) bond motifs is 1. The number of anilines is 2. The molecule has 4 rings (SSSR count). The van der Waals surface area contributed by atoms with Gasteiger partial charge in [0.05, 0.1) is 23.0 Å². The number of hydrogen-bond acceptors (Lipinski definition) is 8. The third-order valence-corrected chi connectivity index (χ3v) is 6.16. The molecule has 2 amide bonds. The number of benzene rings is 1. The number of aromatic nitrogens is 2. The molecule has 0 radical (unpaired) electrons. The van der Waals surface area contributed by atoms with Crippen LogP contribution in [0.5, 0.6) is 0 Å². The van der Waals surface area contributed by atoms with Gasteiger partial charge < -0.3 is 19.9 Å². The molecule has 176 valence electrons. The number of rotatable bonds is 3. The van der Waals surface area contributed by atoms with Crippen LogP contribution in [0, 0.1) is 11.3 Å². The van der Waals surface area contributed by atoms with Gasteiger partial charge in [0, 0.05) is 31.6 Å². The number of hydrogen-bond donors (Lipinski definition) is 1. The maximum absolute atomic E-state index is 13.0. The Morgan fingerprint density at radius 1 is 1.18 bits per heavy atom. The van der Waals surface area contributed by atoms with Crippen molar-refractivity contribution < 1.29 is 14.3 Å². The minimum Gasteiger partial charge on any atom is -0.444 e. The van der Waals surface area contributed by atoms with Crippen LogP contribution in [0.25, 0.3) is 10.3 Å². The van der Waals surface area contributed by atoms with Crippen LogP contribution in [0.1, 0.15) is 43.1 Å². The van der Waals surface area contributed by atoms with Crippen molar-refractivity contribution in [3.05, 3.63) is 47.0 Å². The molecule has 9 nitrogen and oxygen atoms in total. The number of carbonyl (C=O) groups is 2. The van der Waals surface area contributed by atoms with E-state index in [9.17, 15) is 14.9 Å². The second-order valence-electron chi connectivity index (χ2n) is 8.95. The Hall–Kier alpha value is -3.71. The normalized spacial score (nSPS) is 14.4. The second-order valence-corrected chi connectivity index (χ2v) is 9.81. The molecule has 0 spiro atoms. The highest BCUT2D eigenvalue weighted by Crippen LogP contribution is 2.27. The van der Waals surface area contributed by atoms with Crippen LogP contribution in [0.4, 0.5) is 16.3 Å². The summed E-state index contributed by atoms with van der Waals surface area (Å²) in [7, 11) is 0. The van der Waals surface area contributed by atoms with Crippen LogP contribution in [0.15, 0.2) is 35.8 Å². The average Bonchev–Trinajstić information content (AvgIpc) is 3.06. The van der Waals surface area contributed by atoms with Crippen LogP contribution in [0.3, 0.4) is 0 Å². The van der Waals surface area contributed by atoms with E-state index in [2.05, 4.69) is 21.3 Å². The molecule has 1 aliphatic rings. The van der Waals surface area contributed by atoms with Gasteiger partial charge in [-0.15, -0.1) is 11.3 Å². The summed E-state index contributed by atoms with van der Waals surface area (Å²) in [4.78, 5) is 39.1. The molecule has 3 aromatic rings. The molecule has 0 aliphatic carbocycles. The first-order valence-corrected chi connectivity index (χ1v) is 11.9.